The van der Waals surface area contributed by atoms with E-state index < -0.39 is 48.5 Å². The average molecular weight is 478 g/mol. The van der Waals surface area contributed by atoms with Gasteiger partial charge in [-0.1, -0.05) is 11.6 Å². The quantitative estimate of drug-likeness (QED) is 0.661. The molecule has 172 valence electrons. The highest BCUT2D eigenvalue weighted by Crippen LogP contribution is 2.48. The van der Waals surface area contributed by atoms with Gasteiger partial charge in [0, 0.05) is 24.9 Å². The van der Waals surface area contributed by atoms with Gasteiger partial charge in [-0.15, -0.1) is 0 Å². The Hall–Kier alpha value is -2.89. The number of hydrogen-bond donors (Lipinski definition) is 2. The van der Waals surface area contributed by atoms with Crippen molar-refractivity contribution in [3.8, 4) is 11.3 Å². The number of fused-ring (bicyclic) bond motifs is 1. The highest BCUT2D eigenvalue weighted by atomic mass is 35.5. The summed E-state index contributed by atoms with van der Waals surface area (Å²) in [5, 5.41) is 6.16. The van der Waals surface area contributed by atoms with Crippen molar-refractivity contribution >= 4 is 23.5 Å². The van der Waals surface area contributed by atoms with E-state index >= 15 is 0 Å². The van der Waals surface area contributed by atoms with E-state index in [1.165, 1.54) is 16.8 Å². The van der Waals surface area contributed by atoms with Crippen LogP contribution in [-0.4, -0.2) is 51.1 Å². The van der Waals surface area contributed by atoms with Gasteiger partial charge < -0.3 is 16.0 Å². The molecule has 1 aromatic heterocycles. The lowest BCUT2D eigenvalue weighted by Crippen LogP contribution is -2.68. The topological polar surface area (TPSA) is 93.2 Å². The van der Waals surface area contributed by atoms with Crippen LogP contribution < -0.4 is 11.1 Å². The van der Waals surface area contributed by atoms with Crippen LogP contribution >= 0.6 is 11.6 Å². The second kappa shape index (κ2) is 7.61. The van der Waals surface area contributed by atoms with Gasteiger partial charge in [-0.2, -0.15) is 5.10 Å². The third-order valence-electron chi connectivity index (χ3n) is 5.63. The molecule has 32 heavy (non-hydrogen) atoms. The number of alkyl halides is 4. The summed E-state index contributed by atoms with van der Waals surface area (Å²) in [7, 11) is 0. The van der Waals surface area contributed by atoms with Crippen molar-refractivity contribution in [2.24, 2.45) is 5.73 Å². The van der Waals surface area contributed by atoms with Crippen LogP contribution in [0.25, 0.3) is 11.3 Å². The van der Waals surface area contributed by atoms with Crippen LogP contribution in [0.1, 0.15) is 28.9 Å². The predicted octanol–water partition coefficient (Wildman–Crippen LogP) is 3.40. The molecule has 4 rings (SSSR count). The summed E-state index contributed by atoms with van der Waals surface area (Å²) in [6, 6.07) is 2.76. The Morgan fingerprint density at radius 3 is 2.47 bits per heavy atom. The summed E-state index contributed by atoms with van der Waals surface area (Å²) in [4.78, 5) is 25.9. The molecule has 0 radical (unpaired) electrons. The van der Waals surface area contributed by atoms with Crippen LogP contribution in [0.5, 0.6) is 0 Å². The molecule has 2 aromatic rings. The molecule has 2 aliphatic rings. The number of rotatable bonds is 4. The molecule has 1 aliphatic heterocycles. The van der Waals surface area contributed by atoms with E-state index in [9.17, 15) is 31.5 Å². The molecule has 13 heteroatoms. The zero-order valence-corrected chi connectivity index (χ0v) is 17.1. The number of amides is 3. The first-order chi connectivity index (χ1) is 14.9. The summed E-state index contributed by atoms with van der Waals surface area (Å²) < 4.78 is 68.2. The Morgan fingerprint density at radius 2 is 1.91 bits per heavy atom. The Balaban J connectivity index is 1.61. The van der Waals surface area contributed by atoms with Crippen molar-refractivity contribution in [1.82, 2.24) is 20.0 Å². The average Bonchev–Trinajstić information content (AvgIpc) is 3.07. The molecule has 0 saturated heterocycles. The fraction of sp³-hybridized carbons (Fsp3) is 0.421. The summed E-state index contributed by atoms with van der Waals surface area (Å²) in [5.74, 6) is -4.81. The van der Waals surface area contributed by atoms with E-state index in [0.717, 1.165) is 11.0 Å². The summed E-state index contributed by atoms with van der Waals surface area (Å²) in [6.07, 6.45) is -5.48. The Kier molecular flexibility index (Phi) is 5.30. The first-order valence-electron chi connectivity index (χ1n) is 9.50. The SMILES string of the molecule is NC(=O)c1c(-c2ccc(F)c(Cl)c2)nn2c1CN(C(=O)NC1(C(F)F)CC(F)(F)C1)CC2. The molecule has 1 aliphatic carbocycles. The van der Waals surface area contributed by atoms with Gasteiger partial charge in [0.05, 0.1) is 29.4 Å². The minimum absolute atomic E-state index is 0.0258. The standard InChI is InChI=1S/C19H17ClF5N5O2/c20-10-5-9(1-2-11(10)21)14-13(15(26)31)12-6-29(3-4-30(12)28-14)17(32)27-18(16(22)23)7-19(24,25)8-18/h1-2,5,16H,3-4,6-8H2,(H2,26,31)(H,27,32). The number of benzene rings is 1. The van der Waals surface area contributed by atoms with Crippen LogP contribution in [0.15, 0.2) is 18.2 Å². The fourth-order valence-corrected chi connectivity index (χ4v) is 4.24. The number of primary amides is 1. The second-order valence-electron chi connectivity index (χ2n) is 7.90. The van der Waals surface area contributed by atoms with Crippen LogP contribution in [-0.2, 0) is 13.1 Å². The van der Waals surface area contributed by atoms with Gasteiger partial charge >= 0.3 is 6.03 Å². The third-order valence-corrected chi connectivity index (χ3v) is 5.92. The molecule has 0 atom stereocenters. The summed E-state index contributed by atoms with van der Waals surface area (Å²) in [5.41, 5.74) is 3.84. The highest BCUT2D eigenvalue weighted by Gasteiger charge is 2.62. The minimum atomic E-state index is -3.27. The number of nitrogens with zero attached hydrogens (tertiary/aromatic N) is 3. The molecule has 1 fully saturated rings. The molecular weight excluding hydrogens is 461 g/mol. The predicted molar refractivity (Wildman–Crippen MR) is 103 cm³/mol. The molecular formula is C19H17ClF5N5O2. The molecule has 0 unspecified atom stereocenters. The molecule has 1 saturated carbocycles. The number of aromatic nitrogens is 2. The van der Waals surface area contributed by atoms with Gasteiger partial charge in [0.2, 0.25) is 0 Å². The van der Waals surface area contributed by atoms with E-state index in [1.807, 2.05) is 5.32 Å². The molecule has 2 heterocycles. The number of carbonyl (C=O) groups excluding carboxylic acids is 2. The van der Waals surface area contributed by atoms with Crippen molar-refractivity contribution in [2.45, 2.75) is 43.8 Å². The largest absolute Gasteiger partial charge is 0.365 e. The molecule has 3 N–H and O–H groups in total. The lowest BCUT2D eigenvalue weighted by molar-refractivity contribution is -0.173. The van der Waals surface area contributed by atoms with E-state index in [2.05, 4.69) is 5.10 Å². The van der Waals surface area contributed by atoms with Crippen LogP contribution in [0.3, 0.4) is 0 Å². The minimum Gasteiger partial charge on any atom is -0.365 e. The van der Waals surface area contributed by atoms with E-state index in [-0.39, 0.29) is 41.6 Å². The maximum Gasteiger partial charge on any atom is 0.318 e. The van der Waals surface area contributed by atoms with Gasteiger partial charge in [0.1, 0.15) is 17.1 Å². The van der Waals surface area contributed by atoms with Crippen molar-refractivity contribution in [3.63, 3.8) is 0 Å². The van der Waals surface area contributed by atoms with Crippen molar-refractivity contribution in [1.29, 1.82) is 0 Å². The summed E-state index contributed by atoms with van der Waals surface area (Å²) >= 11 is 5.81. The molecule has 7 nitrogen and oxygen atoms in total. The number of halogens is 6. The van der Waals surface area contributed by atoms with Crippen LogP contribution in [0.4, 0.5) is 26.7 Å². The monoisotopic (exact) mass is 477 g/mol. The van der Waals surface area contributed by atoms with E-state index in [0.29, 0.717) is 5.56 Å². The van der Waals surface area contributed by atoms with E-state index in [4.69, 9.17) is 17.3 Å². The lowest BCUT2D eigenvalue weighted by atomic mass is 9.73. The molecule has 3 amide bonds. The van der Waals surface area contributed by atoms with Crippen molar-refractivity contribution in [3.05, 3.63) is 40.3 Å². The Labute approximate surface area is 183 Å². The smallest absolute Gasteiger partial charge is 0.318 e. The lowest BCUT2D eigenvalue weighted by Gasteiger charge is -2.47. The number of nitrogens with two attached hydrogens (primary N) is 1. The van der Waals surface area contributed by atoms with Crippen molar-refractivity contribution in [2.75, 3.05) is 6.54 Å². The normalized spacial score (nSPS) is 18.8. The molecule has 0 bridgehead atoms. The maximum atomic E-state index is 13.5. The maximum absolute atomic E-state index is 13.5. The number of hydrogen-bond acceptors (Lipinski definition) is 3. The first kappa shape index (κ1) is 22.3. The number of nitrogens with one attached hydrogen (secondary N) is 1. The third kappa shape index (κ3) is 3.76. The summed E-state index contributed by atoms with van der Waals surface area (Å²) in [6.45, 7) is -0.102. The molecule has 1 aromatic carbocycles. The van der Waals surface area contributed by atoms with Crippen LogP contribution in [0, 0.1) is 5.82 Å². The van der Waals surface area contributed by atoms with Gasteiger partial charge in [0.15, 0.2) is 0 Å². The molecule has 0 spiro atoms. The van der Waals surface area contributed by atoms with Gasteiger partial charge in [-0.05, 0) is 18.2 Å². The van der Waals surface area contributed by atoms with E-state index in [1.54, 1.807) is 0 Å². The van der Waals surface area contributed by atoms with Gasteiger partial charge in [-0.3, -0.25) is 9.48 Å². The Bertz CT molecular complexity index is 1100. The zero-order valence-electron chi connectivity index (χ0n) is 16.3. The van der Waals surface area contributed by atoms with Crippen LogP contribution in [0.2, 0.25) is 5.02 Å². The van der Waals surface area contributed by atoms with Gasteiger partial charge in [-0.25, -0.2) is 26.7 Å². The van der Waals surface area contributed by atoms with Crippen molar-refractivity contribution < 1.29 is 31.5 Å². The number of urea groups is 1. The second-order valence-corrected chi connectivity index (χ2v) is 8.31. The zero-order chi connectivity index (χ0) is 23.4. The fourth-order valence-electron chi connectivity index (χ4n) is 4.06. The Morgan fingerprint density at radius 1 is 1.22 bits per heavy atom. The first-order valence-corrected chi connectivity index (χ1v) is 9.88. The number of carbonyl (C=O) groups is 2. The van der Waals surface area contributed by atoms with Gasteiger partial charge in [0.25, 0.3) is 18.3 Å². The highest BCUT2D eigenvalue weighted by molar-refractivity contribution is 6.31.